The average Bonchev–Trinajstić information content (AvgIpc) is 2.64. The van der Waals surface area contributed by atoms with Crippen LogP contribution >= 0.6 is 23.2 Å². The molecule has 0 spiro atoms. The minimum Gasteiger partial charge on any atom is -0.348 e. The zero-order valence-electron chi connectivity index (χ0n) is 17.1. The van der Waals surface area contributed by atoms with Gasteiger partial charge < -0.3 is 10.6 Å². The summed E-state index contributed by atoms with van der Waals surface area (Å²) in [5, 5.41) is 6.38. The van der Waals surface area contributed by atoms with Gasteiger partial charge in [0.1, 0.15) is 0 Å². The van der Waals surface area contributed by atoms with E-state index in [9.17, 15) is 9.59 Å². The van der Waals surface area contributed by atoms with Crippen LogP contribution in [0.5, 0.6) is 0 Å². The third-order valence-electron chi connectivity index (χ3n) is 4.53. The normalized spacial score (nSPS) is 12.1. The van der Waals surface area contributed by atoms with Crippen molar-refractivity contribution in [3.05, 3.63) is 63.6 Å². The topological polar surface area (TPSA) is 61.4 Å². The molecule has 0 aromatic heterocycles. The van der Waals surface area contributed by atoms with E-state index in [1.165, 1.54) is 5.56 Å². The molecule has 0 radical (unpaired) electrons. The number of nitrogens with zero attached hydrogens (tertiary/aromatic N) is 1. The van der Waals surface area contributed by atoms with Crippen LogP contribution in [0.4, 0.5) is 5.69 Å². The maximum Gasteiger partial charge on any atom is 0.238 e. The lowest BCUT2D eigenvalue weighted by Gasteiger charge is -2.19. The van der Waals surface area contributed by atoms with Crippen molar-refractivity contribution in [2.45, 2.75) is 32.7 Å². The fourth-order valence-corrected chi connectivity index (χ4v) is 3.37. The summed E-state index contributed by atoms with van der Waals surface area (Å²) in [5.41, 5.74) is 2.67. The Balaban J connectivity index is 1.84. The summed E-state index contributed by atoms with van der Waals surface area (Å²) in [5.74, 6) is 0.0125. The highest BCUT2D eigenvalue weighted by atomic mass is 35.5. The van der Waals surface area contributed by atoms with E-state index < -0.39 is 0 Å². The predicted molar refractivity (Wildman–Crippen MR) is 120 cm³/mol. The van der Waals surface area contributed by atoms with Crippen molar-refractivity contribution in [3.63, 3.8) is 0 Å². The summed E-state index contributed by atoms with van der Waals surface area (Å²) in [6, 6.07) is 13.1. The molecule has 29 heavy (non-hydrogen) atoms. The lowest BCUT2D eigenvalue weighted by atomic mass is 9.99. The van der Waals surface area contributed by atoms with Crippen molar-refractivity contribution in [2.24, 2.45) is 0 Å². The Hall–Kier alpha value is -2.08. The average molecular weight is 436 g/mol. The van der Waals surface area contributed by atoms with Crippen LogP contribution in [0.1, 0.15) is 43.9 Å². The van der Waals surface area contributed by atoms with Gasteiger partial charge in [0, 0.05) is 0 Å². The number of halogens is 2. The van der Waals surface area contributed by atoms with E-state index in [2.05, 4.69) is 36.6 Å². The first kappa shape index (κ1) is 23.2. The van der Waals surface area contributed by atoms with E-state index in [4.69, 9.17) is 23.2 Å². The van der Waals surface area contributed by atoms with Gasteiger partial charge in [-0.3, -0.25) is 14.5 Å². The fraction of sp³-hybridized carbons (Fsp3) is 0.364. The second kappa shape index (κ2) is 10.6. The lowest BCUT2D eigenvalue weighted by molar-refractivity contribution is -0.123. The zero-order chi connectivity index (χ0) is 21.6. The van der Waals surface area contributed by atoms with Crippen LogP contribution in [0.2, 0.25) is 10.0 Å². The van der Waals surface area contributed by atoms with Gasteiger partial charge in [0.25, 0.3) is 0 Å². The smallest absolute Gasteiger partial charge is 0.238 e. The Kier molecular flexibility index (Phi) is 8.50. The first-order valence-electron chi connectivity index (χ1n) is 9.49. The number of hydrogen-bond donors (Lipinski definition) is 2. The molecular formula is C22H27Cl2N3O2. The molecule has 0 aliphatic carbocycles. The molecule has 0 fully saturated rings. The quantitative estimate of drug-likeness (QED) is 0.621. The van der Waals surface area contributed by atoms with Crippen molar-refractivity contribution >= 4 is 40.7 Å². The Morgan fingerprint density at radius 2 is 1.41 bits per heavy atom. The number of likely N-dealkylation sites (N-methyl/N-ethyl adjacent to an activating group) is 1. The van der Waals surface area contributed by atoms with Gasteiger partial charge in [-0.2, -0.15) is 0 Å². The molecule has 5 nitrogen and oxygen atoms in total. The summed E-state index contributed by atoms with van der Waals surface area (Å²) < 4.78 is 0. The molecule has 0 heterocycles. The summed E-state index contributed by atoms with van der Waals surface area (Å²) in [7, 11) is 1.70. The van der Waals surface area contributed by atoms with Gasteiger partial charge in [-0.1, -0.05) is 67.4 Å². The highest BCUT2D eigenvalue weighted by Crippen LogP contribution is 2.29. The minimum absolute atomic E-state index is 0.0342. The molecular weight excluding hydrogens is 409 g/mol. The Morgan fingerprint density at radius 3 is 1.97 bits per heavy atom. The van der Waals surface area contributed by atoms with Crippen LogP contribution in [-0.2, 0) is 9.59 Å². The van der Waals surface area contributed by atoms with Gasteiger partial charge in [-0.25, -0.2) is 0 Å². The van der Waals surface area contributed by atoms with Crippen molar-refractivity contribution < 1.29 is 9.59 Å². The number of benzene rings is 2. The standard InChI is InChI=1S/C22H27Cl2N3O2/c1-14(2)16-8-10-17(11-9-16)15(3)25-20(28)12-27(4)13-21(29)26-22-18(23)6-5-7-19(22)24/h5-11,14-15H,12-13H2,1-4H3,(H,25,28)(H,26,29). The molecule has 1 unspecified atom stereocenters. The number of carbonyl (C=O) groups is 2. The van der Waals surface area contributed by atoms with Crippen LogP contribution < -0.4 is 10.6 Å². The minimum atomic E-state index is -0.298. The Morgan fingerprint density at radius 1 is 0.897 bits per heavy atom. The van der Waals surface area contributed by atoms with Gasteiger partial charge in [0.2, 0.25) is 11.8 Å². The number of nitrogens with one attached hydrogen (secondary N) is 2. The molecule has 0 aliphatic heterocycles. The maximum absolute atomic E-state index is 12.3. The first-order valence-corrected chi connectivity index (χ1v) is 10.2. The molecule has 2 rings (SSSR count). The van der Waals surface area contributed by atoms with Gasteiger partial charge in [-0.05, 0) is 43.1 Å². The second-order valence-electron chi connectivity index (χ2n) is 7.43. The number of amides is 2. The first-order chi connectivity index (χ1) is 13.7. The molecule has 1 atom stereocenters. The van der Waals surface area contributed by atoms with E-state index in [-0.39, 0.29) is 30.9 Å². The molecule has 2 amide bonds. The van der Waals surface area contributed by atoms with Crippen LogP contribution in [-0.4, -0.2) is 36.9 Å². The number of hydrogen-bond acceptors (Lipinski definition) is 3. The number of rotatable bonds is 8. The van der Waals surface area contributed by atoms with Crippen LogP contribution in [0, 0.1) is 0 Å². The number of para-hydroxylation sites is 1. The highest BCUT2D eigenvalue weighted by Gasteiger charge is 2.15. The van der Waals surface area contributed by atoms with E-state index in [0.29, 0.717) is 21.7 Å². The van der Waals surface area contributed by atoms with Crippen LogP contribution in [0.3, 0.4) is 0 Å². The number of carbonyl (C=O) groups excluding carboxylic acids is 2. The SMILES string of the molecule is CC(C)c1ccc(C(C)NC(=O)CN(C)CC(=O)Nc2c(Cl)cccc2Cl)cc1. The van der Waals surface area contributed by atoms with Gasteiger partial charge in [0.15, 0.2) is 0 Å². The molecule has 0 bridgehead atoms. The molecule has 2 aromatic rings. The Bertz CT molecular complexity index is 833. The third kappa shape index (κ3) is 7.03. The molecule has 0 saturated carbocycles. The molecule has 0 aliphatic rings. The van der Waals surface area contributed by atoms with E-state index in [0.717, 1.165) is 5.56 Å². The second-order valence-corrected chi connectivity index (χ2v) is 8.24. The van der Waals surface area contributed by atoms with Crippen LogP contribution in [0.25, 0.3) is 0 Å². The predicted octanol–water partition coefficient (Wildman–Crippen LogP) is 4.86. The lowest BCUT2D eigenvalue weighted by Crippen LogP contribution is -2.39. The van der Waals surface area contributed by atoms with Gasteiger partial charge in [0.05, 0.1) is 34.9 Å². The zero-order valence-corrected chi connectivity index (χ0v) is 18.6. The molecule has 0 saturated heterocycles. The highest BCUT2D eigenvalue weighted by molar-refractivity contribution is 6.39. The third-order valence-corrected chi connectivity index (χ3v) is 5.16. The fourth-order valence-electron chi connectivity index (χ4n) is 2.88. The van der Waals surface area contributed by atoms with Crippen molar-refractivity contribution in [1.82, 2.24) is 10.2 Å². The van der Waals surface area contributed by atoms with Gasteiger partial charge >= 0.3 is 0 Å². The van der Waals surface area contributed by atoms with E-state index in [1.807, 2.05) is 19.1 Å². The summed E-state index contributed by atoms with van der Waals surface area (Å²) >= 11 is 12.1. The van der Waals surface area contributed by atoms with Crippen molar-refractivity contribution in [3.8, 4) is 0 Å². The van der Waals surface area contributed by atoms with Crippen LogP contribution in [0.15, 0.2) is 42.5 Å². The molecule has 2 N–H and O–H groups in total. The molecule has 2 aromatic carbocycles. The van der Waals surface area contributed by atoms with Gasteiger partial charge in [-0.15, -0.1) is 0 Å². The monoisotopic (exact) mass is 435 g/mol. The van der Waals surface area contributed by atoms with Crippen molar-refractivity contribution in [1.29, 1.82) is 0 Å². The van der Waals surface area contributed by atoms with Crippen molar-refractivity contribution in [2.75, 3.05) is 25.5 Å². The summed E-state index contributed by atoms with van der Waals surface area (Å²) in [6.45, 7) is 6.36. The largest absolute Gasteiger partial charge is 0.348 e. The maximum atomic E-state index is 12.3. The summed E-state index contributed by atoms with van der Waals surface area (Å²) in [6.07, 6.45) is 0. The number of anilines is 1. The molecule has 156 valence electrons. The molecule has 7 heteroatoms. The van der Waals surface area contributed by atoms with E-state index >= 15 is 0 Å². The van der Waals surface area contributed by atoms with E-state index in [1.54, 1.807) is 30.1 Å². The Labute approximate surface area is 182 Å². The summed E-state index contributed by atoms with van der Waals surface area (Å²) in [4.78, 5) is 26.2.